The second-order valence-corrected chi connectivity index (χ2v) is 4.88. The summed E-state index contributed by atoms with van der Waals surface area (Å²) in [6.45, 7) is 1.46. The molecule has 0 bridgehead atoms. The Labute approximate surface area is 111 Å². The van der Waals surface area contributed by atoms with Crippen molar-refractivity contribution in [3.05, 3.63) is 46.5 Å². The van der Waals surface area contributed by atoms with E-state index in [9.17, 15) is 0 Å². The molecule has 0 aliphatic rings. The molecule has 4 nitrogen and oxygen atoms in total. The number of hydrogen-bond acceptors (Lipinski definition) is 3. The van der Waals surface area contributed by atoms with Crippen molar-refractivity contribution in [2.24, 2.45) is 10.7 Å². The number of furan rings is 1. The first-order valence-electron chi connectivity index (χ1n) is 5.93. The maximum Gasteiger partial charge on any atom is 0.188 e. The van der Waals surface area contributed by atoms with Crippen LogP contribution in [0.25, 0.3) is 0 Å². The highest BCUT2D eigenvalue weighted by atomic mass is 32.1. The van der Waals surface area contributed by atoms with E-state index < -0.39 is 0 Å². The van der Waals surface area contributed by atoms with Crippen molar-refractivity contribution in [1.29, 1.82) is 0 Å². The van der Waals surface area contributed by atoms with E-state index in [2.05, 4.69) is 27.8 Å². The summed E-state index contributed by atoms with van der Waals surface area (Å²) in [7, 11) is 0. The van der Waals surface area contributed by atoms with Crippen molar-refractivity contribution in [2.75, 3.05) is 13.1 Å². The van der Waals surface area contributed by atoms with Crippen LogP contribution in [-0.4, -0.2) is 19.0 Å². The Kier molecular flexibility index (Phi) is 4.84. The number of thiophene rings is 1. The van der Waals surface area contributed by atoms with Gasteiger partial charge in [-0.25, -0.2) is 0 Å². The standard InChI is InChI=1S/C13H17N3OS/c14-13(15-7-5-11-3-1-9-17-11)16-8-6-12-4-2-10-18-12/h1-4,9-10H,5-8H2,(H3,14,15,16). The van der Waals surface area contributed by atoms with Crippen molar-refractivity contribution in [3.8, 4) is 0 Å². The molecule has 0 unspecified atom stereocenters. The lowest BCUT2D eigenvalue weighted by atomic mass is 10.3. The number of guanidine groups is 1. The van der Waals surface area contributed by atoms with Gasteiger partial charge in [-0.2, -0.15) is 0 Å². The normalized spacial score (nSPS) is 11.7. The third-order valence-electron chi connectivity index (χ3n) is 2.48. The molecule has 0 radical (unpaired) electrons. The average molecular weight is 263 g/mol. The largest absolute Gasteiger partial charge is 0.469 e. The quantitative estimate of drug-likeness (QED) is 0.619. The molecule has 0 amide bonds. The van der Waals surface area contributed by atoms with Crippen molar-refractivity contribution in [1.82, 2.24) is 5.32 Å². The molecule has 2 aromatic rings. The van der Waals surface area contributed by atoms with Gasteiger partial charge in [0.15, 0.2) is 5.96 Å². The van der Waals surface area contributed by atoms with Gasteiger partial charge in [-0.3, -0.25) is 4.99 Å². The van der Waals surface area contributed by atoms with Gasteiger partial charge in [0.25, 0.3) is 0 Å². The van der Waals surface area contributed by atoms with E-state index in [1.807, 2.05) is 12.1 Å². The van der Waals surface area contributed by atoms with Crippen LogP contribution < -0.4 is 11.1 Å². The van der Waals surface area contributed by atoms with E-state index in [1.165, 1.54) is 4.88 Å². The number of nitrogens with two attached hydrogens (primary N) is 1. The van der Waals surface area contributed by atoms with E-state index in [-0.39, 0.29) is 0 Å². The molecule has 3 N–H and O–H groups in total. The fourth-order valence-corrected chi connectivity index (χ4v) is 2.26. The fraction of sp³-hybridized carbons (Fsp3) is 0.308. The molecule has 0 saturated heterocycles. The summed E-state index contributed by atoms with van der Waals surface area (Å²) in [5.41, 5.74) is 5.76. The van der Waals surface area contributed by atoms with Gasteiger partial charge in [0.2, 0.25) is 0 Å². The summed E-state index contributed by atoms with van der Waals surface area (Å²) in [5, 5.41) is 5.15. The number of nitrogens with one attached hydrogen (secondary N) is 1. The van der Waals surface area contributed by atoms with Crippen molar-refractivity contribution >= 4 is 17.3 Å². The minimum absolute atomic E-state index is 0.498. The van der Waals surface area contributed by atoms with Crippen LogP contribution in [0.15, 0.2) is 45.3 Å². The minimum Gasteiger partial charge on any atom is -0.469 e. The van der Waals surface area contributed by atoms with Crippen LogP contribution in [0, 0.1) is 0 Å². The van der Waals surface area contributed by atoms with Gasteiger partial charge in [0, 0.05) is 30.8 Å². The smallest absolute Gasteiger partial charge is 0.188 e. The Balaban J connectivity index is 1.63. The van der Waals surface area contributed by atoms with Crippen LogP contribution in [0.5, 0.6) is 0 Å². The Hall–Kier alpha value is -1.75. The summed E-state index contributed by atoms with van der Waals surface area (Å²) in [5.74, 6) is 1.45. The Morgan fingerprint density at radius 3 is 3.00 bits per heavy atom. The van der Waals surface area contributed by atoms with Gasteiger partial charge >= 0.3 is 0 Å². The first kappa shape index (κ1) is 12.7. The lowest BCUT2D eigenvalue weighted by Crippen LogP contribution is -2.33. The number of aliphatic imine (C=N–C) groups is 1. The van der Waals surface area contributed by atoms with Gasteiger partial charge in [-0.1, -0.05) is 6.07 Å². The SMILES string of the molecule is NC(=NCCc1cccs1)NCCc1ccco1. The van der Waals surface area contributed by atoms with Crippen LogP contribution in [0.1, 0.15) is 10.6 Å². The molecule has 0 aliphatic heterocycles. The molecule has 2 heterocycles. The zero-order chi connectivity index (χ0) is 12.6. The van der Waals surface area contributed by atoms with Gasteiger partial charge in [-0.05, 0) is 23.6 Å². The predicted octanol–water partition coefficient (Wildman–Crippen LogP) is 2.03. The third-order valence-corrected chi connectivity index (χ3v) is 3.41. The van der Waals surface area contributed by atoms with E-state index in [4.69, 9.17) is 10.2 Å². The molecule has 96 valence electrons. The van der Waals surface area contributed by atoms with Gasteiger partial charge in [-0.15, -0.1) is 11.3 Å². The molecular weight excluding hydrogens is 246 g/mol. The van der Waals surface area contributed by atoms with Crippen molar-refractivity contribution in [2.45, 2.75) is 12.8 Å². The minimum atomic E-state index is 0.498. The Morgan fingerprint density at radius 2 is 2.28 bits per heavy atom. The second kappa shape index (κ2) is 6.86. The molecule has 0 aromatic carbocycles. The van der Waals surface area contributed by atoms with Crippen LogP contribution >= 0.6 is 11.3 Å². The fourth-order valence-electron chi connectivity index (χ4n) is 1.57. The maximum absolute atomic E-state index is 5.76. The molecule has 2 aromatic heterocycles. The predicted molar refractivity (Wildman–Crippen MR) is 74.9 cm³/mol. The molecular formula is C13H17N3OS. The average Bonchev–Trinajstić information content (AvgIpc) is 3.01. The zero-order valence-corrected chi connectivity index (χ0v) is 11.0. The van der Waals surface area contributed by atoms with Gasteiger partial charge in [0.1, 0.15) is 5.76 Å². The summed E-state index contributed by atoms with van der Waals surface area (Å²) >= 11 is 1.75. The molecule has 0 atom stereocenters. The Bertz CT molecular complexity index is 462. The van der Waals surface area contributed by atoms with E-state index in [1.54, 1.807) is 17.6 Å². The van der Waals surface area contributed by atoms with Gasteiger partial charge in [0.05, 0.1) is 6.26 Å². The number of rotatable bonds is 6. The molecule has 0 fully saturated rings. The van der Waals surface area contributed by atoms with Crippen molar-refractivity contribution < 1.29 is 4.42 Å². The summed E-state index contributed by atoms with van der Waals surface area (Å²) in [4.78, 5) is 5.61. The highest BCUT2D eigenvalue weighted by Gasteiger charge is 1.97. The lowest BCUT2D eigenvalue weighted by Gasteiger charge is -2.03. The van der Waals surface area contributed by atoms with Crippen LogP contribution in [0.3, 0.4) is 0 Å². The molecule has 5 heteroatoms. The Morgan fingerprint density at radius 1 is 1.33 bits per heavy atom. The van der Waals surface area contributed by atoms with Crippen LogP contribution in [0.4, 0.5) is 0 Å². The zero-order valence-electron chi connectivity index (χ0n) is 10.1. The number of nitrogens with zero attached hydrogens (tertiary/aromatic N) is 1. The first-order chi connectivity index (χ1) is 8.84. The highest BCUT2D eigenvalue weighted by molar-refractivity contribution is 7.09. The maximum atomic E-state index is 5.76. The topological polar surface area (TPSA) is 63.5 Å². The second-order valence-electron chi connectivity index (χ2n) is 3.85. The van der Waals surface area contributed by atoms with E-state index >= 15 is 0 Å². The summed E-state index contributed by atoms with van der Waals surface area (Å²) in [6, 6.07) is 8.00. The van der Waals surface area contributed by atoms with Crippen LogP contribution in [0.2, 0.25) is 0 Å². The molecule has 0 aliphatic carbocycles. The third kappa shape index (κ3) is 4.25. The van der Waals surface area contributed by atoms with E-state index in [0.29, 0.717) is 5.96 Å². The van der Waals surface area contributed by atoms with Crippen LogP contribution in [-0.2, 0) is 12.8 Å². The molecule has 18 heavy (non-hydrogen) atoms. The van der Waals surface area contributed by atoms with Gasteiger partial charge < -0.3 is 15.5 Å². The number of hydrogen-bond donors (Lipinski definition) is 2. The molecule has 2 rings (SSSR count). The monoisotopic (exact) mass is 263 g/mol. The lowest BCUT2D eigenvalue weighted by molar-refractivity contribution is 0.507. The first-order valence-corrected chi connectivity index (χ1v) is 6.81. The molecule has 0 spiro atoms. The molecule has 0 saturated carbocycles. The van der Waals surface area contributed by atoms with E-state index in [0.717, 1.165) is 31.7 Å². The summed E-state index contributed by atoms with van der Waals surface area (Å²) < 4.78 is 5.23. The highest BCUT2D eigenvalue weighted by Crippen LogP contribution is 2.08. The summed E-state index contributed by atoms with van der Waals surface area (Å²) in [6.07, 6.45) is 3.43. The van der Waals surface area contributed by atoms with Crippen molar-refractivity contribution in [3.63, 3.8) is 0 Å².